The summed E-state index contributed by atoms with van der Waals surface area (Å²) in [7, 11) is -3.37. The van der Waals surface area contributed by atoms with Gasteiger partial charge in [0.25, 0.3) is 0 Å². The van der Waals surface area contributed by atoms with E-state index in [2.05, 4.69) is 17.0 Å². The van der Waals surface area contributed by atoms with E-state index in [0.717, 1.165) is 31.7 Å². The first-order valence-corrected chi connectivity index (χ1v) is 9.17. The molecule has 6 heteroatoms. The summed E-state index contributed by atoms with van der Waals surface area (Å²) in [6.45, 7) is 1.90. The van der Waals surface area contributed by atoms with E-state index in [1.807, 2.05) is 18.2 Å². The van der Waals surface area contributed by atoms with Crippen molar-refractivity contribution in [3.8, 4) is 0 Å². The van der Waals surface area contributed by atoms with Gasteiger partial charge in [0.2, 0.25) is 10.0 Å². The van der Waals surface area contributed by atoms with Gasteiger partial charge in [0.1, 0.15) is 0 Å². The van der Waals surface area contributed by atoms with Gasteiger partial charge in [-0.2, -0.15) is 0 Å². The molecule has 0 unspecified atom stereocenters. The number of sulfonamides is 1. The summed E-state index contributed by atoms with van der Waals surface area (Å²) in [6, 6.07) is 10.4. The quantitative estimate of drug-likeness (QED) is 0.809. The van der Waals surface area contributed by atoms with E-state index in [4.69, 9.17) is 5.14 Å². The summed E-state index contributed by atoms with van der Waals surface area (Å²) in [5.74, 6) is 1.06. The van der Waals surface area contributed by atoms with Gasteiger partial charge >= 0.3 is 0 Å². The molecule has 1 atom stereocenters. The van der Waals surface area contributed by atoms with E-state index >= 15 is 0 Å². The van der Waals surface area contributed by atoms with Crippen LogP contribution in [0, 0.1) is 0 Å². The first-order chi connectivity index (χ1) is 9.04. The number of nitrogens with zero attached hydrogens (tertiary/aromatic N) is 1. The molecule has 0 bridgehead atoms. The highest BCUT2D eigenvalue weighted by Gasteiger charge is 2.27. The molecule has 1 aliphatic heterocycles. The van der Waals surface area contributed by atoms with Crippen molar-refractivity contribution in [1.29, 1.82) is 0 Å². The van der Waals surface area contributed by atoms with Crippen molar-refractivity contribution in [2.24, 2.45) is 5.14 Å². The van der Waals surface area contributed by atoms with Crippen molar-refractivity contribution in [2.75, 3.05) is 24.6 Å². The predicted molar refractivity (Wildman–Crippen MR) is 79.7 cm³/mol. The maximum Gasteiger partial charge on any atom is 0.210 e. The van der Waals surface area contributed by atoms with Crippen molar-refractivity contribution in [1.82, 2.24) is 4.90 Å². The Morgan fingerprint density at radius 2 is 2.05 bits per heavy atom. The van der Waals surface area contributed by atoms with Gasteiger partial charge in [-0.15, -0.1) is 11.8 Å². The van der Waals surface area contributed by atoms with Crippen LogP contribution in [-0.2, 0) is 10.0 Å². The number of nitrogens with two attached hydrogens (primary N) is 1. The highest BCUT2D eigenvalue weighted by atomic mass is 32.2. The van der Waals surface area contributed by atoms with Gasteiger partial charge in [0, 0.05) is 23.2 Å². The molecule has 1 aromatic rings. The average molecular weight is 300 g/mol. The van der Waals surface area contributed by atoms with Gasteiger partial charge in [-0.3, -0.25) is 4.90 Å². The van der Waals surface area contributed by atoms with Crippen molar-refractivity contribution < 1.29 is 8.42 Å². The standard InChI is InChI=1S/C13H20N2O2S2/c14-19(16,17)11-12-5-4-8-15(12)9-10-18-13-6-2-1-3-7-13/h1-3,6-7,12H,4-5,8-11H2,(H2,14,16,17)/t12-/m0/s1. The topological polar surface area (TPSA) is 63.4 Å². The van der Waals surface area contributed by atoms with Crippen LogP contribution in [0.15, 0.2) is 35.2 Å². The number of thioether (sulfide) groups is 1. The summed E-state index contributed by atoms with van der Waals surface area (Å²) in [5.41, 5.74) is 0. The summed E-state index contributed by atoms with van der Waals surface area (Å²) in [6.07, 6.45) is 2.00. The normalized spacial score (nSPS) is 20.8. The largest absolute Gasteiger partial charge is 0.298 e. The second-order valence-corrected chi connectivity index (χ2v) is 7.65. The maximum absolute atomic E-state index is 11.2. The third-order valence-electron chi connectivity index (χ3n) is 3.31. The molecule has 0 aromatic heterocycles. The van der Waals surface area contributed by atoms with Crippen LogP contribution in [0.5, 0.6) is 0 Å². The number of rotatable bonds is 6. The van der Waals surface area contributed by atoms with E-state index in [0.29, 0.717) is 0 Å². The molecule has 1 fully saturated rings. The molecule has 106 valence electrons. The number of primary sulfonamides is 1. The number of likely N-dealkylation sites (tertiary alicyclic amines) is 1. The molecule has 2 N–H and O–H groups in total. The van der Waals surface area contributed by atoms with E-state index in [-0.39, 0.29) is 11.8 Å². The monoisotopic (exact) mass is 300 g/mol. The first kappa shape index (κ1) is 14.8. The second kappa shape index (κ2) is 6.74. The molecule has 4 nitrogen and oxygen atoms in total. The van der Waals surface area contributed by atoms with E-state index < -0.39 is 10.0 Å². The Morgan fingerprint density at radius 1 is 1.32 bits per heavy atom. The summed E-state index contributed by atoms with van der Waals surface area (Å²) >= 11 is 1.80. The molecule has 1 aromatic carbocycles. The summed E-state index contributed by atoms with van der Waals surface area (Å²) < 4.78 is 22.3. The maximum atomic E-state index is 11.2. The zero-order valence-electron chi connectivity index (χ0n) is 10.9. The fraction of sp³-hybridized carbons (Fsp3) is 0.538. The summed E-state index contributed by atoms with van der Waals surface area (Å²) in [5, 5.41) is 5.14. The van der Waals surface area contributed by atoms with Gasteiger partial charge in [0.15, 0.2) is 0 Å². The lowest BCUT2D eigenvalue weighted by Crippen LogP contribution is -2.38. The molecule has 1 saturated heterocycles. The predicted octanol–water partition coefficient (Wildman–Crippen LogP) is 1.53. The third kappa shape index (κ3) is 5.14. The zero-order chi connectivity index (χ0) is 13.7. The molecule has 19 heavy (non-hydrogen) atoms. The molecule has 0 saturated carbocycles. The van der Waals surface area contributed by atoms with Gasteiger partial charge in [-0.05, 0) is 31.5 Å². The van der Waals surface area contributed by atoms with Crippen molar-refractivity contribution in [3.63, 3.8) is 0 Å². The van der Waals surface area contributed by atoms with E-state index in [1.165, 1.54) is 4.90 Å². The minimum atomic E-state index is -3.37. The molecule has 1 heterocycles. The highest BCUT2D eigenvalue weighted by Crippen LogP contribution is 2.21. The Morgan fingerprint density at radius 3 is 2.74 bits per heavy atom. The third-order valence-corrected chi connectivity index (χ3v) is 5.16. The van der Waals surface area contributed by atoms with Crippen LogP contribution in [0.2, 0.25) is 0 Å². The van der Waals surface area contributed by atoms with Crippen molar-refractivity contribution in [2.45, 2.75) is 23.8 Å². The molecule has 2 rings (SSSR count). The molecular formula is C13H20N2O2S2. The number of hydrogen-bond acceptors (Lipinski definition) is 4. The molecule has 0 spiro atoms. The average Bonchev–Trinajstić information content (AvgIpc) is 2.76. The van der Waals surface area contributed by atoms with Crippen molar-refractivity contribution in [3.05, 3.63) is 30.3 Å². The zero-order valence-corrected chi connectivity index (χ0v) is 12.5. The van der Waals surface area contributed by atoms with Crippen molar-refractivity contribution >= 4 is 21.8 Å². The minimum absolute atomic E-state index is 0.0863. The SMILES string of the molecule is NS(=O)(=O)C[C@@H]1CCCN1CCSc1ccccc1. The van der Waals surface area contributed by atoms with Crippen LogP contribution in [0.25, 0.3) is 0 Å². The number of hydrogen-bond donors (Lipinski definition) is 1. The Hall–Kier alpha value is -0.560. The second-order valence-electron chi connectivity index (χ2n) is 4.82. The Balaban J connectivity index is 1.79. The molecule has 0 radical (unpaired) electrons. The fourth-order valence-corrected chi connectivity index (χ4v) is 4.27. The lowest BCUT2D eigenvalue weighted by Gasteiger charge is -2.23. The van der Waals surface area contributed by atoms with Gasteiger partial charge in [0.05, 0.1) is 5.75 Å². The minimum Gasteiger partial charge on any atom is -0.298 e. The lowest BCUT2D eigenvalue weighted by atomic mass is 10.2. The lowest BCUT2D eigenvalue weighted by molar-refractivity contribution is 0.287. The van der Waals surface area contributed by atoms with Gasteiger partial charge in [-0.25, -0.2) is 13.6 Å². The van der Waals surface area contributed by atoms with Gasteiger partial charge in [-0.1, -0.05) is 18.2 Å². The fourth-order valence-electron chi connectivity index (χ4n) is 2.44. The van der Waals surface area contributed by atoms with E-state index in [9.17, 15) is 8.42 Å². The van der Waals surface area contributed by atoms with Crippen LogP contribution in [0.1, 0.15) is 12.8 Å². The van der Waals surface area contributed by atoms with Crippen LogP contribution in [-0.4, -0.2) is 44.0 Å². The smallest absolute Gasteiger partial charge is 0.210 e. The van der Waals surface area contributed by atoms with Crippen LogP contribution >= 0.6 is 11.8 Å². The first-order valence-electron chi connectivity index (χ1n) is 6.47. The Kier molecular flexibility index (Phi) is 5.27. The highest BCUT2D eigenvalue weighted by molar-refractivity contribution is 7.99. The van der Waals surface area contributed by atoms with Gasteiger partial charge < -0.3 is 0 Å². The Bertz CT molecular complexity index is 491. The molecule has 0 aliphatic carbocycles. The molecular weight excluding hydrogens is 280 g/mol. The molecule has 1 aliphatic rings. The van der Waals surface area contributed by atoms with E-state index in [1.54, 1.807) is 11.8 Å². The van der Waals surface area contributed by atoms with Crippen LogP contribution in [0.4, 0.5) is 0 Å². The summed E-state index contributed by atoms with van der Waals surface area (Å²) in [4.78, 5) is 3.50. The number of benzene rings is 1. The molecule has 0 amide bonds. The van der Waals surface area contributed by atoms with Crippen LogP contribution in [0.3, 0.4) is 0 Å². The Labute approximate surface area is 119 Å². The van der Waals surface area contributed by atoms with Crippen LogP contribution < -0.4 is 5.14 Å².